The molecule has 25 heavy (non-hydrogen) atoms. The minimum atomic E-state index is -6.03. The van der Waals surface area contributed by atoms with Crippen molar-refractivity contribution in [3.63, 3.8) is 0 Å². The Morgan fingerprint density at radius 3 is 1.72 bits per heavy atom. The highest BCUT2D eigenvalue weighted by molar-refractivity contribution is 7.89. The molecule has 0 fully saturated rings. The van der Waals surface area contributed by atoms with Crippen LogP contribution in [0.3, 0.4) is 0 Å². The molecule has 1 aromatic carbocycles. The van der Waals surface area contributed by atoms with Crippen LogP contribution in [0.15, 0.2) is 29.2 Å². The lowest BCUT2D eigenvalue weighted by molar-refractivity contribution is -0.322. The van der Waals surface area contributed by atoms with Gasteiger partial charge in [0.05, 0.1) is 4.90 Å². The van der Waals surface area contributed by atoms with Gasteiger partial charge in [-0.2, -0.15) is 22.0 Å². The predicted molar refractivity (Wildman–Crippen MR) is 75.2 cm³/mol. The maximum absolute atomic E-state index is 13.7. The van der Waals surface area contributed by atoms with E-state index in [1.807, 2.05) is 0 Å². The number of carbonyl (C=O) groups excluding carboxylic acids is 1. The number of halogens is 6. The van der Waals surface area contributed by atoms with Crippen molar-refractivity contribution in [2.45, 2.75) is 36.6 Å². The second-order valence-corrected chi connectivity index (χ2v) is 6.61. The molecule has 13 heteroatoms. The van der Waals surface area contributed by atoms with Gasteiger partial charge in [0.1, 0.15) is 0 Å². The molecule has 0 aliphatic rings. The molecule has 0 saturated carbocycles. The number of nitrogens with zero attached hydrogens (tertiary/aromatic N) is 1. The predicted octanol–water partition coefficient (Wildman–Crippen LogP) is 1.84. The average Bonchev–Trinajstić information content (AvgIpc) is 2.46. The van der Waals surface area contributed by atoms with Crippen molar-refractivity contribution in [2.24, 2.45) is 11.6 Å². The summed E-state index contributed by atoms with van der Waals surface area (Å²) in [6, 6.07) is -1.38. The Kier molecular flexibility index (Phi) is 7.01. The van der Waals surface area contributed by atoms with Gasteiger partial charge < -0.3 is 5.73 Å². The molecular formula is C12H15F6N3O3S. The Balaban J connectivity index is 0.00000178. The number of rotatable bonds is 4. The second-order valence-electron chi connectivity index (χ2n) is 4.79. The zero-order valence-electron chi connectivity index (χ0n) is 12.9. The minimum Gasteiger partial charge on any atom is -0.372 e. The van der Waals surface area contributed by atoms with Crippen LogP contribution >= 0.6 is 0 Å². The number of hydrazine groups is 1. The zero-order chi connectivity index (χ0) is 20.3. The van der Waals surface area contributed by atoms with Crippen LogP contribution in [0.5, 0.6) is 0 Å². The SMILES string of the molecule is Cc1ccc(S(=O)(=O)N(N)C(F)(F)C(C)(F)C(F)(F)F)cc1.NC=O. The molecule has 0 radical (unpaired) electrons. The Morgan fingerprint density at radius 1 is 1.04 bits per heavy atom. The normalized spacial score (nSPS) is 15.1. The summed E-state index contributed by atoms with van der Waals surface area (Å²) in [5.74, 6) is 4.64. The summed E-state index contributed by atoms with van der Waals surface area (Å²) < 4.78 is 100. The van der Waals surface area contributed by atoms with E-state index < -0.39 is 44.1 Å². The number of amides is 1. The van der Waals surface area contributed by atoms with E-state index in [1.54, 1.807) is 6.92 Å². The van der Waals surface area contributed by atoms with Gasteiger partial charge in [0.25, 0.3) is 15.7 Å². The van der Waals surface area contributed by atoms with Gasteiger partial charge in [0.15, 0.2) is 0 Å². The monoisotopic (exact) mass is 395 g/mol. The van der Waals surface area contributed by atoms with Crippen molar-refractivity contribution in [1.82, 2.24) is 4.41 Å². The smallest absolute Gasteiger partial charge is 0.372 e. The third-order valence-electron chi connectivity index (χ3n) is 2.95. The summed E-state index contributed by atoms with van der Waals surface area (Å²) in [6.07, 6.45) is -5.78. The lowest BCUT2D eigenvalue weighted by Crippen LogP contribution is -2.65. The molecular weight excluding hydrogens is 380 g/mol. The first-order valence-corrected chi connectivity index (χ1v) is 7.67. The van der Waals surface area contributed by atoms with Crippen LogP contribution in [0.2, 0.25) is 0 Å². The van der Waals surface area contributed by atoms with E-state index in [0.717, 1.165) is 12.1 Å². The molecule has 1 aromatic rings. The number of nitrogens with two attached hydrogens (primary N) is 2. The van der Waals surface area contributed by atoms with Gasteiger partial charge in [0, 0.05) is 0 Å². The molecule has 1 amide bonds. The van der Waals surface area contributed by atoms with Crippen molar-refractivity contribution in [3.8, 4) is 0 Å². The fourth-order valence-electron chi connectivity index (χ4n) is 1.35. The number of carbonyl (C=O) groups is 1. The molecule has 0 bridgehead atoms. The number of hydrogen-bond donors (Lipinski definition) is 2. The van der Waals surface area contributed by atoms with Crippen LogP contribution in [0, 0.1) is 6.92 Å². The Bertz CT molecular complexity index is 689. The summed E-state index contributed by atoms with van der Waals surface area (Å²) >= 11 is 0. The summed E-state index contributed by atoms with van der Waals surface area (Å²) in [7, 11) is -5.24. The summed E-state index contributed by atoms with van der Waals surface area (Å²) in [6.45, 7) is 1.07. The lowest BCUT2D eigenvalue weighted by atomic mass is 10.1. The summed E-state index contributed by atoms with van der Waals surface area (Å²) in [4.78, 5) is 7.79. The van der Waals surface area contributed by atoms with Gasteiger partial charge in [-0.3, -0.25) is 4.79 Å². The van der Waals surface area contributed by atoms with E-state index in [1.165, 1.54) is 12.1 Å². The number of primary amides is 1. The van der Waals surface area contributed by atoms with Gasteiger partial charge in [0.2, 0.25) is 6.41 Å². The summed E-state index contributed by atoms with van der Waals surface area (Å²) in [5, 5.41) is 0. The second kappa shape index (κ2) is 7.58. The first kappa shape index (κ1) is 23.1. The van der Waals surface area contributed by atoms with E-state index in [2.05, 4.69) is 11.6 Å². The highest BCUT2D eigenvalue weighted by Gasteiger charge is 2.72. The largest absolute Gasteiger partial charge is 0.429 e. The molecule has 0 aromatic heterocycles. The van der Waals surface area contributed by atoms with Crippen molar-refractivity contribution in [2.75, 3.05) is 0 Å². The number of hydrogen-bond acceptors (Lipinski definition) is 4. The third-order valence-corrected chi connectivity index (χ3v) is 4.57. The topological polar surface area (TPSA) is 106 Å². The zero-order valence-corrected chi connectivity index (χ0v) is 13.7. The molecule has 0 aliphatic carbocycles. The Labute approximate surface area is 139 Å². The van der Waals surface area contributed by atoms with Crippen LogP contribution in [0.1, 0.15) is 12.5 Å². The Hall–Kier alpha value is -1.86. The van der Waals surface area contributed by atoms with E-state index in [9.17, 15) is 34.8 Å². The van der Waals surface area contributed by atoms with Crippen molar-refractivity contribution in [1.29, 1.82) is 0 Å². The molecule has 6 nitrogen and oxygen atoms in total. The van der Waals surface area contributed by atoms with E-state index in [4.69, 9.17) is 4.79 Å². The number of sulfonamides is 1. The third kappa shape index (κ3) is 4.61. The summed E-state index contributed by atoms with van der Waals surface area (Å²) in [5.41, 5.74) is -0.438. The molecule has 144 valence electrons. The maximum atomic E-state index is 13.7. The van der Waals surface area contributed by atoms with Crippen LogP contribution in [0.4, 0.5) is 26.3 Å². The van der Waals surface area contributed by atoms with E-state index >= 15 is 0 Å². The highest BCUT2D eigenvalue weighted by Crippen LogP contribution is 2.46. The molecule has 4 N–H and O–H groups in total. The number of alkyl halides is 6. The van der Waals surface area contributed by atoms with Crippen molar-refractivity contribution < 1.29 is 39.6 Å². The molecule has 1 unspecified atom stereocenters. The van der Waals surface area contributed by atoms with Crippen molar-refractivity contribution in [3.05, 3.63) is 29.8 Å². The van der Waals surface area contributed by atoms with Crippen LogP contribution < -0.4 is 11.6 Å². The van der Waals surface area contributed by atoms with Crippen LogP contribution in [-0.4, -0.2) is 37.1 Å². The fourth-order valence-corrected chi connectivity index (χ4v) is 2.53. The lowest BCUT2D eigenvalue weighted by Gasteiger charge is -2.36. The first-order chi connectivity index (χ1) is 11.1. The van der Waals surface area contributed by atoms with E-state index in [-0.39, 0.29) is 6.41 Å². The molecule has 0 saturated heterocycles. The molecule has 0 heterocycles. The van der Waals surface area contributed by atoms with Gasteiger partial charge in [-0.25, -0.2) is 18.7 Å². The number of aryl methyl sites for hydroxylation is 1. The molecule has 0 aliphatic heterocycles. The maximum Gasteiger partial charge on any atom is 0.429 e. The van der Waals surface area contributed by atoms with Gasteiger partial charge in [-0.1, -0.05) is 22.1 Å². The first-order valence-electron chi connectivity index (χ1n) is 6.23. The minimum absolute atomic E-state index is 0.250. The van der Waals surface area contributed by atoms with E-state index in [0.29, 0.717) is 5.56 Å². The average molecular weight is 395 g/mol. The van der Waals surface area contributed by atoms with Crippen LogP contribution in [-0.2, 0) is 14.8 Å². The molecule has 1 rings (SSSR count). The highest BCUT2D eigenvalue weighted by atomic mass is 32.2. The molecule has 0 spiro atoms. The fraction of sp³-hybridized carbons (Fsp3) is 0.417. The van der Waals surface area contributed by atoms with Gasteiger partial charge in [-0.05, 0) is 26.0 Å². The Morgan fingerprint density at radius 2 is 1.40 bits per heavy atom. The van der Waals surface area contributed by atoms with Crippen LogP contribution in [0.25, 0.3) is 0 Å². The van der Waals surface area contributed by atoms with Crippen molar-refractivity contribution >= 4 is 16.4 Å². The standard InChI is InChI=1S/C11H12F6N2O2S.CH3NO/c1-7-3-5-8(6-4-7)22(20,21)19(18)11(16,17)9(2,12)10(13,14)15;2-1-3/h3-6H,18H2,1-2H3;1H,(H2,2,3). The van der Waals surface area contributed by atoms with Gasteiger partial charge in [-0.15, -0.1) is 0 Å². The number of benzene rings is 1. The van der Waals surface area contributed by atoms with Gasteiger partial charge >= 0.3 is 12.2 Å². The molecule has 1 atom stereocenters. The quantitative estimate of drug-likeness (QED) is 0.267.